The molecule has 0 spiro atoms. The van der Waals surface area contributed by atoms with Crippen LogP contribution in [0.15, 0.2) is 61.3 Å². The van der Waals surface area contributed by atoms with Gasteiger partial charge in [-0.1, -0.05) is 63.8 Å². The van der Waals surface area contributed by atoms with Crippen molar-refractivity contribution in [2.24, 2.45) is 28.6 Å². The number of aliphatic hydroxyl groups is 2. The minimum absolute atomic E-state index is 0.0261. The molecule has 6 aliphatic rings. The lowest BCUT2D eigenvalue weighted by molar-refractivity contribution is -0.144. The summed E-state index contributed by atoms with van der Waals surface area (Å²) in [5.74, 6) is -0.138. The van der Waals surface area contributed by atoms with Gasteiger partial charge < -0.3 is 24.3 Å². The molecule has 0 radical (unpaired) electrons. The van der Waals surface area contributed by atoms with Gasteiger partial charge in [0.05, 0.1) is 34.5 Å². The zero-order valence-corrected chi connectivity index (χ0v) is 32.1. The molecule has 3 heterocycles. The SMILES string of the molecule is C=CCOC(=O)/C=C/C=C/[C@]1(C)[C@@H](O)CC[C@@]2(C)[C@H]1CCC1Cc3c(n4c5c(c6c(cc35)C3=CC(C)(C)OC(C)(C)C3[C@@H]6O)C(=O)[C@@H]4C(=C)C)[C@@]12C. The van der Waals surface area contributed by atoms with Crippen LogP contribution in [-0.4, -0.2) is 50.4 Å². The Balaban J connectivity index is 1.30. The number of allylic oxidation sites excluding steroid dienone is 3. The van der Waals surface area contributed by atoms with Gasteiger partial charge in [0, 0.05) is 39.5 Å². The number of carbonyl (C=O) groups is 2. The van der Waals surface area contributed by atoms with Crippen molar-refractivity contribution in [2.75, 3.05) is 6.61 Å². The fourth-order valence-corrected chi connectivity index (χ4v) is 12.7. The van der Waals surface area contributed by atoms with E-state index in [4.69, 9.17) is 9.47 Å². The Morgan fingerprint density at radius 3 is 2.52 bits per heavy atom. The second-order valence-corrected chi connectivity index (χ2v) is 18.5. The largest absolute Gasteiger partial charge is 0.458 e. The highest BCUT2D eigenvalue weighted by atomic mass is 16.5. The van der Waals surface area contributed by atoms with Crippen molar-refractivity contribution in [3.63, 3.8) is 0 Å². The standard InChI is InChI=1S/C45H55NO6/c1-11-20-51-32(48)14-12-13-18-43(8)30-16-15-25-21-28-27-22-26-29-23-41(4,5)52-42(6,7)35(29)38(49)33(26)34-37(27)46(36(24(2)3)39(34)50)40(28)45(25,10)44(30,9)19-17-31(43)47/h11-14,18,22-23,25,30-31,35-36,38,47,49H,1-2,15-17,19-21H2,3-10H3/b14-12+,18-13+/t25?,30-,31-,35?,36-,38+,43-,44-,45+/m0/s1. The average molecular weight is 706 g/mol. The summed E-state index contributed by atoms with van der Waals surface area (Å²) in [6.07, 6.45) is 13.9. The second-order valence-electron chi connectivity index (χ2n) is 18.5. The molecule has 7 heteroatoms. The van der Waals surface area contributed by atoms with Gasteiger partial charge in [0.1, 0.15) is 12.6 Å². The van der Waals surface area contributed by atoms with Gasteiger partial charge >= 0.3 is 5.97 Å². The Kier molecular flexibility index (Phi) is 7.68. The van der Waals surface area contributed by atoms with Gasteiger partial charge in [-0.05, 0) is 113 Å². The first kappa shape index (κ1) is 35.5. The van der Waals surface area contributed by atoms with Crippen LogP contribution in [-0.2, 0) is 26.1 Å². The number of nitrogens with zero attached hydrogens (tertiary/aromatic N) is 1. The van der Waals surface area contributed by atoms with Crippen molar-refractivity contribution in [3.05, 3.63) is 89.2 Å². The molecule has 0 saturated heterocycles. The summed E-state index contributed by atoms with van der Waals surface area (Å²) in [4.78, 5) is 27.0. The predicted molar refractivity (Wildman–Crippen MR) is 204 cm³/mol. The quantitative estimate of drug-likeness (QED) is 0.136. The van der Waals surface area contributed by atoms with Crippen LogP contribution in [0.25, 0.3) is 16.5 Å². The van der Waals surface area contributed by atoms with Gasteiger partial charge in [-0.3, -0.25) is 4.79 Å². The topological polar surface area (TPSA) is 98.0 Å². The highest BCUT2D eigenvalue weighted by molar-refractivity contribution is 6.18. The van der Waals surface area contributed by atoms with E-state index in [9.17, 15) is 19.8 Å². The maximum atomic E-state index is 14.9. The highest BCUT2D eigenvalue weighted by Crippen LogP contribution is 2.71. The Morgan fingerprint density at radius 2 is 1.83 bits per heavy atom. The molecular weight excluding hydrogens is 650 g/mol. The number of carbonyl (C=O) groups excluding carboxylic acids is 2. The summed E-state index contributed by atoms with van der Waals surface area (Å²) in [6, 6.07) is 1.76. The maximum absolute atomic E-state index is 14.9. The van der Waals surface area contributed by atoms with Gasteiger partial charge in [-0.25, -0.2) is 4.79 Å². The molecule has 276 valence electrons. The molecule has 4 aliphatic carbocycles. The first-order valence-corrected chi connectivity index (χ1v) is 19.2. The van der Waals surface area contributed by atoms with Crippen molar-refractivity contribution in [3.8, 4) is 0 Å². The lowest BCUT2D eigenvalue weighted by Gasteiger charge is -2.64. The zero-order valence-electron chi connectivity index (χ0n) is 32.1. The molecule has 0 amide bonds. The molecule has 1 aromatic heterocycles. The highest BCUT2D eigenvalue weighted by Gasteiger charge is 2.67. The molecule has 2 aliphatic heterocycles. The average Bonchev–Trinajstić information content (AvgIpc) is 3.73. The molecule has 2 N–H and O–H groups in total. The summed E-state index contributed by atoms with van der Waals surface area (Å²) in [5.41, 5.74) is 5.67. The molecule has 8 rings (SSSR count). The van der Waals surface area contributed by atoms with Crippen LogP contribution in [0.1, 0.15) is 126 Å². The van der Waals surface area contributed by atoms with E-state index in [-0.39, 0.29) is 35.1 Å². The molecule has 52 heavy (non-hydrogen) atoms. The van der Waals surface area contributed by atoms with E-state index >= 15 is 0 Å². The van der Waals surface area contributed by atoms with Crippen LogP contribution >= 0.6 is 0 Å². The van der Waals surface area contributed by atoms with E-state index in [0.29, 0.717) is 17.9 Å². The lowest BCUT2D eigenvalue weighted by Crippen LogP contribution is -2.62. The number of esters is 1. The molecule has 0 bridgehead atoms. The van der Waals surface area contributed by atoms with E-state index in [1.165, 1.54) is 17.3 Å². The van der Waals surface area contributed by atoms with Crippen LogP contribution < -0.4 is 0 Å². The zero-order chi connectivity index (χ0) is 37.5. The number of rotatable bonds is 6. The van der Waals surface area contributed by atoms with Crippen LogP contribution in [0.3, 0.4) is 0 Å². The van der Waals surface area contributed by atoms with Gasteiger partial charge in [-0.2, -0.15) is 0 Å². The van der Waals surface area contributed by atoms with Crippen LogP contribution in [0.5, 0.6) is 0 Å². The summed E-state index contributed by atoms with van der Waals surface area (Å²) in [6.45, 7) is 25.4. The Bertz CT molecular complexity index is 2060. The third-order valence-electron chi connectivity index (χ3n) is 14.8. The second kappa shape index (κ2) is 11.3. The number of hydrogen-bond donors (Lipinski definition) is 2. The number of Topliss-reactive ketones (excluding diaryl/α,β-unsaturated/α-hetero) is 1. The number of aliphatic hydroxyl groups excluding tert-OH is 2. The number of ether oxygens (including phenoxy) is 2. The summed E-state index contributed by atoms with van der Waals surface area (Å²) >= 11 is 0. The van der Waals surface area contributed by atoms with E-state index in [0.717, 1.165) is 58.9 Å². The van der Waals surface area contributed by atoms with Crippen molar-refractivity contribution >= 4 is 28.2 Å². The number of ketones is 1. The van der Waals surface area contributed by atoms with Gasteiger partial charge in [0.25, 0.3) is 0 Å². The smallest absolute Gasteiger partial charge is 0.331 e. The molecule has 2 saturated carbocycles. The molecule has 9 atom stereocenters. The monoisotopic (exact) mass is 705 g/mol. The first-order chi connectivity index (χ1) is 24.3. The Hall–Kier alpha value is -3.52. The molecule has 1 aromatic carbocycles. The van der Waals surface area contributed by atoms with Crippen LogP contribution in [0.4, 0.5) is 0 Å². The third kappa shape index (κ3) is 4.42. The maximum Gasteiger partial charge on any atom is 0.331 e. The minimum atomic E-state index is -0.858. The number of benzene rings is 1. The van der Waals surface area contributed by atoms with E-state index < -0.39 is 40.8 Å². The van der Waals surface area contributed by atoms with E-state index in [2.05, 4.69) is 84.4 Å². The summed E-state index contributed by atoms with van der Waals surface area (Å²) in [7, 11) is 0. The number of hydrogen-bond acceptors (Lipinski definition) is 6. The normalized spacial score (nSPS) is 37.8. The van der Waals surface area contributed by atoms with Crippen LogP contribution in [0, 0.1) is 28.6 Å². The predicted octanol–water partition coefficient (Wildman–Crippen LogP) is 8.44. The Morgan fingerprint density at radius 1 is 1.10 bits per heavy atom. The molecular formula is C45H55NO6. The van der Waals surface area contributed by atoms with Gasteiger partial charge in [-0.15, -0.1) is 0 Å². The van der Waals surface area contributed by atoms with Crippen molar-refractivity contribution in [2.45, 2.75) is 122 Å². The number of fused-ring (bicyclic) bond motifs is 11. The third-order valence-corrected chi connectivity index (χ3v) is 14.8. The van der Waals surface area contributed by atoms with E-state index in [1.54, 1.807) is 12.2 Å². The molecule has 2 aromatic rings. The minimum Gasteiger partial charge on any atom is -0.458 e. The van der Waals surface area contributed by atoms with Crippen molar-refractivity contribution in [1.29, 1.82) is 0 Å². The molecule has 7 nitrogen and oxygen atoms in total. The summed E-state index contributed by atoms with van der Waals surface area (Å²) < 4.78 is 14.0. The first-order valence-electron chi connectivity index (χ1n) is 19.2. The van der Waals surface area contributed by atoms with Crippen molar-refractivity contribution < 1.29 is 29.3 Å². The van der Waals surface area contributed by atoms with Gasteiger partial charge in [0.2, 0.25) is 0 Å². The fourth-order valence-electron chi connectivity index (χ4n) is 12.7. The fraction of sp³-hybridized carbons (Fsp3) is 0.556. The summed E-state index contributed by atoms with van der Waals surface area (Å²) in [5, 5.41) is 25.0. The van der Waals surface area contributed by atoms with Gasteiger partial charge in [0.15, 0.2) is 5.78 Å². The number of aromatic nitrogens is 1. The lowest BCUT2D eigenvalue weighted by atomic mass is 9.40. The van der Waals surface area contributed by atoms with Crippen LogP contribution in [0.2, 0.25) is 0 Å². The van der Waals surface area contributed by atoms with Crippen molar-refractivity contribution in [1.82, 2.24) is 4.57 Å². The Labute approximate surface area is 308 Å². The molecule has 2 unspecified atom stereocenters. The molecule has 2 fully saturated rings. The van der Waals surface area contributed by atoms with E-state index in [1.807, 2.05) is 13.0 Å².